The van der Waals surface area contributed by atoms with Crippen LogP contribution >= 0.6 is 0 Å². The van der Waals surface area contributed by atoms with E-state index in [4.69, 9.17) is 0 Å². The Labute approximate surface area is 73.9 Å². The lowest BCUT2D eigenvalue weighted by Gasteiger charge is -2.39. The zero-order valence-electron chi connectivity index (χ0n) is 7.97. The van der Waals surface area contributed by atoms with Crippen molar-refractivity contribution in [1.29, 1.82) is 0 Å². The zero-order chi connectivity index (χ0) is 8.77. The third-order valence-corrected chi connectivity index (χ3v) is 3.68. The molecule has 2 atom stereocenters. The minimum absolute atomic E-state index is 0.0122. The molecule has 3 rings (SSSR count). The van der Waals surface area contributed by atoms with Gasteiger partial charge < -0.3 is 4.90 Å². The molecule has 0 aromatic heterocycles. The molecule has 0 aromatic carbocycles. The van der Waals surface area contributed by atoms with E-state index in [1.165, 1.54) is 19.3 Å². The van der Waals surface area contributed by atoms with E-state index in [-0.39, 0.29) is 5.41 Å². The van der Waals surface area contributed by atoms with E-state index in [9.17, 15) is 4.79 Å². The second kappa shape index (κ2) is 2.48. The summed E-state index contributed by atoms with van der Waals surface area (Å²) in [6.45, 7) is 2.13. The lowest BCUT2D eigenvalue weighted by molar-refractivity contribution is -0.145. The standard InChI is InChI=1S/C10H17NO/c1-10-6-3-4-8(5-7-10)11(2)9(10)12/h8H,3-7H2,1-2H3. The van der Waals surface area contributed by atoms with Gasteiger partial charge in [0.15, 0.2) is 0 Å². The predicted octanol–water partition coefficient (Wildman–Crippen LogP) is 1.80. The number of piperidine rings is 1. The topological polar surface area (TPSA) is 20.3 Å². The fourth-order valence-electron chi connectivity index (χ4n) is 2.68. The molecule has 68 valence electrons. The van der Waals surface area contributed by atoms with E-state index >= 15 is 0 Å². The SMILES string of the molecule is CN1C(=O)C2(C)CCCC1CC2. The van der Waals surface area contributed by atoms with Crippen LogP contribution in [-0.4, -0.2) is 23.9 Å². The molecular formula is C10H17NO. The van der Waals surface area contributed by atoms with Crippen LogP contribution in [0.15, 0.2) is 0 Å². The van der Waals surface area contributed by atoms with Crippen molar-refractivity contribution in [1.82, 2.24) is 4.90 Å². The summed E-state index contributed by atoms with van der Waals surface area (Å²) in [6, 6.07) is 0.549. The Morgan fingerprint density at radius 1 is 1.42 bits per heavy atom. The second-order valence-corrected chi connectivity index (χ2v) is 4.56. The van der Waals surface area contributed by atoms with Crippen LogP contribution in [0.4, 0.5) is 0 Å². The fraction of sp³-hybridized carbons (Fsp3) is 0.900. The van der Waals surface area contributed by atoms with Crippen molar-refractivity contribution >= 4 is 5.91 Å². The minimum atomic E-state index is -0.0122. The molecule has 2 nitrogen and oxygen atoms in total. The summed E-state index contributed by atoms with van der Waals surface area (Å²) >= 11 is 0. The summed E-state index contributed by atoms with van der Waals surface area (Å²) < 4.78 is 0. The van der Waals surface area contributed by atoms with Gasteiger partial charge in [-0.05, 0) is 25.7 Å². The van der Waals surface area contributed by atoms with Crippen molar-refractivity contribution in [3.8, 4) is 0 Å². The van der Waals surface area contributed by atoms with E-state index < -0.39 is 0 Å². The maximum absolute atomic E-state index is 11.9. The quantitative estimate of drug-likeness (QED) is 0.538. The highest BCUT2D eigenvalue weighted by molar-refractivity contribution is 5.83. The summed E-state index contributed by atoms with van der Waals surface area (Å²) in [6.07, 6.45) is 5.89. The number of carbonyl (C=O) groups excluding carboxylic acids is 1. The van der Waals surface area contributed by atoms with Crippen LogP contribution in [0.25, 0.3) is 0 Å². The van der Waals surface area contributed by atoms with Gasteiger partial charge in [-0.1, -0.05) is 13.3 Å². The first kappa shape index (κ1) is 8.09. The van der Waals surface area contributed by atoms with E-state index in [0.29, 0.717) is 11.9 Å². The first-order valence-corrected chi connectivity index (χ1v) is 4.91. The normalized spacial score (nSPS) is 41.7. The number of amides is 1. The van der Waals surface area contributed by atoms with Crippen LogP contribution in [0.5, 0.6) is 0 Å². The Kier molecular flexibility index (Phi) is 1.67. The Morgan fingerprint density at radius 2 is 2.17 bits per heavy atom. The van der Waals surface area contributed by atoms with Gasteiger partial charge in [0.05, 0.1) is 0 Å². The molecule has 2 bridgehead atoms. The molecule has 0 N–H and O–H groups in total. The molecule has 1 aliphatic carbocycles. The molecule has 0 radical (unpaired) electrons. The molecule has 0 spiro atoms. The first-order chi connectivity index (χ1) is 5.63. The highest BCUT2D eigenvalue weighted by atomic mass is 16.2. The molecule has 3 fully saturated rings. The van der Waals surface area contributed by atoms with Gasteiger partial charge in [0, 0.05) is 18.5 Å². The lowest BCUT2D eigenvalue weighted by atomic mass is 9.79. The summed E-state index contributed by atoms with van der Waals surface area (Å²) in [5.41, 5.74) is -0.0122. The Balaban J connectivity index is 2.31. The average molecular weight is 167 g/mol. The van der Waals surface area contributed by atoms with Crippen molar-refractivity contribution in [2.75, 3.05) is 7.05 Å². The third kappa shape index (κ3) is 0.970. The molecule has 2 unspecified atom stereocenters. The van der Waals surface area contributed by atoms with E-state index in [1.54, 1.807) is 0 Å². The van der Waals surface area contributed by atoms with Gasteiger partial charge in [-0.2, -0.15) is 0 Å². The van der Waals surface area contributed by atoms with Gasteiger partial charge >= 0.3 is 0 Å². The molecule has 12 heavy (non-hydrogen) atoms. The molecule has 1 amide bonds. The highest BCUT2D eigenvalue weighted by Crippen LogP contribution is 2.42. The van der Waals surface area contributed by atoms with Crippen molar-refractivity contribution in [2.45, 2.75) is 45.1 Å². The summed E-state index contributed by atoms with van der Waals surface area (Å²) in [7, 11) is 1.97. The Morgan fingerprint density at radius 3 is 2.92 bits per heavy atom. The van der Waals surface area contributed by atoms with Crippen LogP contribution in [0, 0.1) is 5.41 Å². The largest absolute Gasteiger partial charge is 0.342 e. The molecule has 2 heterocycles. The monoisotopic (exact) mass is 167 g/mol. The van der Waals surface area contributed by atoms with Gasteiger partial charge in [-0.15, -0.1) is 0 Å². The average Bonchev–Trinajstić information content (AvgIpc) is 2.29. The van der Waals surface area contributed by atoms with Crippen molar-refractivity contribution in [3.63, 3.8) is 0 Å². The third-order valence-electron chi connectivity index (χ3n) is 3.68. The predicted molar refractivity (Wildman–Crippen MR) is 47.8 cm³/mol. The summed E-state index contributed by atoms with van der Waals surface area (Å²) in [4.78, 5) is 13.8. The number of nitrogens with zero attached hydrogens (tertiary/aromatic N) is 1. The Bertz CT molecular complexity index is 210. The maximum atomic E-state index is 11.9. The van der Waals surface area contributed by atoms with Crippen molar-refractivity contribution in [2.24, 2.45) is 5.41 Å². The van der Waals surface area contributed by atoms with Gasteiger partial charge in [0.25, 0.3) is 0 Å². The molecule has 2 aliphatic heterocycles. The smallest absolute Gasteiger partial charge is 0.228 e. The van der Waals surface area contributed by atoms with Gasteiger partial charge in [0.1, 0.15) is 0 Å². The summed E-state index contributed by atoms with van der Waals surface area (Å²) in [5.74, 6) is 0.385. The van der Waals surface area contributed by atoms with Crippen LogP contribution in [-0.2, 0) is 4.79 Å². The number of carbonyl (C=O) groups is 1. The van der Waals surface area contributed by atoms with E-state index in [2.05, 4.69) is 6.92 Å². The van der Waals surface area contributed by atoms with Gasteiger partial charge in [0.2, 0.25) is 5.91 Å². The molecule has 1 saturated carbocycles. The first-order valence-electron chi connectivity index (χ1n) is 4.91. The molecule has 2 saturated heterocycles. The number of hydrogen-bond acceptors (Lipinski definition) is 1. The van der Waals surface area contributed by atoms with Crippen LogP contribution in [0.3, 0.4) is 0 Å². The lowest BCUT2D eigenvalue weighted by Crippen LogP contribution is -2.48. The number of fused-ring (bicyclic) bond motifs is 4. The van der Waals surface area contributed by atoms with Crippen molar-refractivity contribution in [3.05, 3.63) is 0 Å². The van der Waals surface area contributed by atoms with Gasteiger partial charge in [-0.3, -0.25) is 4.79 Å². The Hall–Kier alpha value is -0.530. The van der Waals surface area contributed by atoms with Crippen LogP contribution in [0.1, 0.15) is 39.0 Å². The minimum Gasteiger partial charge on any atom is -0.342 e. The second-order valence-electron chi connectivity index (χ2n) is 4.56. The molecular weight excluding hydrogens is 150 g/mol. The van der Waals surface area contributed by atoms with Crippen LogP contribution < -0.4 is 0 Å². The van der Waals surface area contributed by atoms with E-state index in [0.717, 1.165) is 12.8 Å². The highest BCUT2D eigenvalue weighted by Gasteiger charge is 2.44. The fourth-order valence-corrected chi connectivity index (χ4v) is 2.68. The maximum Gasteiger partial charge on any atom is 0.228 e. The van der Waals surface area contributed by atoms with Gasteiger partial charge in [-0.25, -0.2) is 0 Å². The zero-order valence-corrected chi connectivity index (χ0v) is 7.97. The number of hydrogen-bond donors (Lipinski definition) is 0. The summed E-state index contributed by atoms with van der Waals surface area (Å²) in [5, 5.41) is 0. The molecule has 2 heteroatoms. The van der Waals surface area contributed by atoms with Crippen LogP contribution in [0.2, 0.25) is 0 Å². The molecule has 0 aromatic rings. The number of rotatable bonds is 0. The van der Waals surface area contributed by atoms with Crippen molar-refractivity contribution < 1.29 is 4.79 Å². The van der Waals surface area contributed by atoms with E-state index in [1.807, 2.05) is 11.9 Å². The molecule has 3 aliphatic rings.